The molecule has 4 nitrogen and oxygen atoms in total. The lowest BCUT2D eigenvalue weighted by molar-refractivity contribution is -0.142. The minimum absolute atomic E-state index is 0.430. The van der Waals surface area contributed by atoms with Gasteiger partial charge >= 0.3 is 5.97 Å². The van der Waals surface area contributed by atoms with E-state index in [0.29, 0.717) is 5.76 Å². The molecule has 1 unspecified atom stereocenters. The molecule has 1 aromatic rings. The molecule has 0 saturated carbocycles. The average Bonchev–Trinajstić information content (AvgIpc) is 2.49. The summed E-state index contributed by atoms with van der Waals surface area (Å²) in [5.41, 5.74) is 5.49. The van der Waals surface area contributed by atoms with Gasteiger partial charge in [-0.15, -0.1) is 0 Å². The number of furan rings is 1. The zero-order valence-electron chi connectivity index (χ0n) is 7.03. The Morgan fingerprint density at radius 1 is 1.67 bits per heavy atom. The van der Waals surface area contributed by atoms with E-state index in [0.717, 1.165) is 5.76 Å². The zero-order valence-corrected chi connectivity index (χ0v) is 7.03. The Balaban J connectivity index is 2.77. The Morgan fingerprint density at radius 2 is 2.33 bits per heavy atom. The van der Waals surface area contributed by atoms with Gasteiger partial charge in [0.25, 0.3) is 0 Å². The minimum Gasteiger partial charge on any atom is -0.468 e. The Hall–Kier alpha value is -1.29. The van der Waals surface area contributed by atoms with Crippen molar-refractivity contribution in [3.05, 3.63) is 23.7 Å². The van der Waals surface area contributed by atoms with Crippen molar-refractivity contribution in [2.75, 3.05) is 7.11 Å². The number of ether oxygens (including phenoxy) is 1. The van der Waals surface area contributed by atoms with Crippen LogP contribution in [-0.4, -0.2) is 13.1 Å². The van der Waals surface area contributed by atoms with Gasteiger partial charge in [-0.3, -0.25) is 0 Å². The monoisotopic (exact) mass is 169 g/mol. The third kappa shape index (κ3) is 1.65. The van der Waals surface area contributed by atoms with Gasteiger partial charge in [0.15, 0.2) is 6.04 Å². The molecule has 0 aliphatic rings. The fourth-order valence-electron chi connectivity index (χ4n) is 0.864. The molecular weight excluding hydrogens is 158 g/mol. The highest BCUT2D eigenvalue weighted by atomic mass is 16.5. The Labute approximate surface area is 70.3 Å². The van der Waals surface area contributed by atoms with Gasteiger partial charge < -0.3 is 14.9 Å². The standard InChI is InChI=1S/C8H11NO3/c1-5-3-4-6(12-5)7(9)8(10)11-2/h3-4,7H,9H2,1-2H3. The van der Waals surface area contributed by atoms with Gasteiger partial charge in [0, 0.05) is 0 Å². The predicted molar refractivity (Wildman–Crippen MR) is 42.4 cm³/mol. The maximum Gasteiger partial charge on any atom is 0.330 e. The summed E-state index contributed by atoms with van der Waals surface area (Å²) in [7, 11) is 1.29. The lowest BCUT2D eigenvalue weighted by atomic mass is 10.2. The molecule has 1 aromatic heterocycles. The molecule has 0 radical (unpaired) electrons. The average molecular weight is 169 g/mol. The van der Waals surface area contributed by atoms with E-state index < -0.39 is 12.0 Å². The Kier molecular flexibility index (Phi) is 2.50. The first-order valence-electron chi connectivity index (χ1n) is 3.55. The van der Waals surface area contributed by atoms with E-state index in [1.165, 1.54) is 7.11 Å². The quantitative estimate of drug-likeness (QED) is 0.664. The van der Waals surface area contributed by atoms with Crippen LogP contribution in [0, 0.1) is 6.92 Å². The Morgan fingerprint density at radius 3 is 2.75 bits per heavy atom. The van der Waals surface area contributed by atoms with Gasteiger partial charge in [-0.25, -0.2) is 4.79 Å². The second-order valence-corrected chi connectivity index (χ2v) is 2.45. The smallest absolute Gasteiger partial charge is 0.330 e. The van der Waals surface area contributed by atoms with E-state index in [9.17, 15) is 4.79 Å². The number of rotatable bonds is 2. The molecule has 12 heavy (non-hydrogen) atoms. The van der Waals surface area contributed by atoms with E-state index in [-0.39, 0.29) is 0 Å². The first-order chi connectivity index (χ1) is 5.65. The molecule has 0 amide bonds. The molecule has 4 heteroatoms. The van der Waals surface area contributed by atoms with Crippen LogP contribution >= 0.6 is 0 Å². The first-order valence-corrected chi connectivity index (χ1v) is 3.55. The fraction of sp³-hybridized carbons (Fsp3) is 0.375. The molecule has 0 aliphatic heterocycles. The van der Waals surface area contributed by atoms with Gasteiger partial charge in [-0.05, 0) is 19.1 Å². The molecule has 0 bridgehead atoms. The van der Waals surface area contributed by atoms with Crippen molar-refractivity contribution in [2.45, 2.75) is 13.0 Å². The second kappa shape index (κ2) is 3.40. The lowest BCUT2D eigenvalue weighted by Gasteiger charge is -2.04. The fourth-order valence-corrected chi connectivity index (χ4v) is 0.864. The second-order valence-electron chi connectivity index (χ2n) is 2.45. The van der Waals surface area contributed by atoms with Crippen molar-refractivity contribution in [1.29, 1.82) is 0 Å². The molecule has 0 saturated heterocycles. The topological polar surface area (TPSA) is 65.5 Å². The van der Waals surface area contributed by atoms with Gasteiger partial charge in [0.1, 0.15) is 11.5 Å². The molecule has 1 heterocycles. The molecule has 1 rings (SSSR count). The third-order valence-corrected chi connectivity index (χ3v) is 1.52. The summed E-state index contributed by atoms with van der Waals surface area (Å²) in [5, 5.41) is 0. The van der Waals surface area contributed by atoms with Crippen LogP contribution in [0.2, 0.25) is 0 Å². The summed E-state index contributed by atoms with van der Waals surface area (Å²) >= 11 is 0. The van der Waals surface area contributed by atoms with Crippen LogP contribution in [0.4, 0.5) is 0 Å². The number of carbonyl (C=O) groups excluding carboxylic acids is 1. The molecule has 0 spiro atoms. The SMILES string of the molecule is COC(=O)C(N)c1ccc(C)o1. The zero-order chi connectivity index (χ0) is 9.14. The molecule has 0 aliphatic carbocycles. The van der Waals surface area contributed by atoms with Crippen LogP contribution < -0.4 is 5.73 Å². The summed E-state index contributed by atoms with van der Waals surface area (Å²) in [6.07, 6.45) is 0. The van der Waals surface area contributed by atoms with Crippen molar-refractivity contribution in [1.82, 2.24) is 0 Å². The van der Waals surface area contributed by atoms with Gasteiger partial charge in [0.2, 0.25) is 0 Å². The molecular formula is C8H11NO3. The number of nitrogens with two attached hydrogens (primary N) is 1. The van der Waals surface area contributed by atoms with E-state index in [2.05, 4.69) is 4.74 Å². The normalized spacial score (nSPS) is 12.6. The molecule has 0 aromatic carbocycles. The maximum atomic E-state index is 10.9. The number of methoxy groups -OCH3 is 1. The van der Waals surface area contributed by atoms with Crippen LogP contribution in [0.5, 0.6) is 0 Å². The summed E-state index contributed by atoms with van der Waals surface area (Å²) < 4.78 is 9.59. The van der Waals surface area contributed by atoms with Crippen molar-refractivity contribution < 1.29 is 13.9 Å². The van der Waals surface area contributed by atoms with Crippen molar-refractivity contribution in [2.24, 2.45) is 5.73 Å². The minimum atomic E-state index is -0.816. The van der Waals surface area contributed by atoms with E-state index >= 15 is 0 Å². The number of hydrogen-bond acceptors (Lipinski definition) is 4. The molecule has 1 atom stereocenters. The van der Waals surface area contributed by atoms with Crippen molar-refractivity contribution >= 4 is 5.97 Å². The van der Waals surface area contributed by atoms with Crippen molar-refractivity contribution in [3.8, 4) is 0 Å². The molecule has 2 N–H and O–H groups in total. The summed E-state index contributed by atoms with van der Waals surface area (Å²) in [4.78, 5) is 10.9. The first kappa shape index (κ1) is 8.80. The number of aryl methyl sites for hydroxylation is 1. The molecule has 66 valence electrons. The number of hydrogen-bond donors (Lipinski definition) is 1. The van der Waals surface area contributed by atoms with Gasteiger partial charge in [-0.1, -0.05) is 0 Å². The van der Waals surface area contributed by atoms with Gasteiger partial charge in [-0.2, -0.15) is 0 Å². The Bertz CT molecular complexity index is 280. The summed E-state index contributed by atoms with van der Waals surface area (Å²) in [5.74, 6) is 0.660. The van der Waals surface area contributed by atoms with Crippen LogP contribution in [0.3, 0.4) is 0 Å². The third-order valence-electron chi connectivity index (χ3n) is 1.52. The van der Waals surface area contributed by atoms with Crippen LogP contribution in [0.25, 0.3) is 0 Å². The maximum absolute atomic E-state index is 10.9. The predicted octanol–water partition coefficient (Wildman–Crippen LogP) is 0.761. The summed E-state index contributed by atoms with van der Waals surface area (Å²) in [6.45, 7) is 1.79. The summed E-state index contributed by atoms with van der Waals surface area (Å²) in [6, 6.07) is 2.60. The van der Waals surface area contributed by atoms with Crippen LogP contribution in [0.15, 0.2) is 16.5 Å². The van der Waals surface area contributed by atoms with Gasteiger partial charge in [0.05, 0.1) is 7.11 Å². The van der Waals surface area contributed by atoms with E-state index in [4.69, 9.17) is 10.2 Å². The van der Waals surface area contributed by atoms with Crippen LogP contribution in [0.1, 0.15) is 17.6 Å². The van der Waals surface area contributed by atoms with E-state index in [1.54, 1.807) is 19.1 Å². The molecule has 0 fully saturated rings. The number of carbonyl (C=O) groups is 1. The highest BCUT2D eigenvalue weighted by Crippen LogP contribution is 2.14. The van der Waals surface area contributed by atoms with Crippen molar-refractivity contribution in [3.63, 3.8) is 0 Å². The number of esters is 1. The highest BCUT2D eigenvalue weighted by Gasteiger charge is 2.18. The largest absolute Gasteiger partial charge is 0.468 e. The van der Waals surface area contributed by atoms with Crippen LogP contribution in [-0.2, 0) is 9.53 Å². The highest BCUT2D eigenvalue weighted by molar-refractivity contribution is 5.76. The lowest BCUT2D eigenvalue weighted by Crippen LogP contribution is -2.21. The van der Waals surface area contributed by atoms with E-state index in [1.807, 2.05) is 0 Å².